The molecule has 1 rings (SSSR count). The van der Waals surface area contributed by atoms with Gasteiger partial charge in [0.1, 0.15) is 0 Å². The molecule has 1 aliphatic carbocycles. The highest BCUT2D eigenvalue weighted by atomic mass is 16.2. The van der Waals surface area contributed by atoms with E-state index in [0.717, 1.165) is 5.92 Å². The molecule has 3 atom stereocenters. The van der Waals surface area contributed by atoms with E-state index in [1.807, 2.05) is 20.8 Å². The molecule has 0 bridgehead atoms. The van der Waals surface area contributed by atoms with Crippen molar-refractivity contribution >= 4 is 5.91 Å². The Kier molecular flexibility index (Phi) is 5.26. The molecule has 1 saturated carbocycles. The van der Waals surface area contributed by atoms with Crippen LogP contribution in [0.1, 0.15) is 53.4 Å². The SMILES string of the molecule is CC1CCCC(NC(C)C(=O)NC(C)C)C1. The fourth-order valence-corrected chi connectivity index (χ4v) is 2.42. The summed E-state index contributed by atoms with van der Waals surface area (Å²) in [5.74, 6) is 0.917. The molecule has 1 amide bonds. The van der Waals surface area contributed by atoms with Crippen molar-refractivity contribution in [3.05, 3.63) is 0 Å². The zero-order valence-electron chi connectivity index (χ0n) is 11.0. The molecule has 0 heterocycles. The van der Waals surface area contributed by atoms with Gasteiger partial charge < -0.3 is 10.6 Å². The lowest BCUT2D eigenvalue weighted by atomic mass is 9.87. The number of hydrogen-bond donors (Lipinski definition) is 2. The van der Waals surface area contributed by atoms with E-state index in [-0.39, 0.29) is 18.0 Å². The highest BCUT2D eigenvalue weighted by molar-refractivity contribution is 5.81. The Morgan fingerprint density at radius 3 is 2.50 bits per heavy atom. The minimum atomic E-state index is -0.0716. The molecule has 0 aromatic carbocycles. The first kappa shape index (κ1) is 13.5. The molecule has 0 radical (unpaired) electrons. The number of hydrogen-bond acceptors (Lipinski definition) is 2. The zero-order chi connectivity index (χ0) is 12.1. The molecule has 3 nitrogen and oxygen atoms in total. The van der Waals surface area contributed by atoms with Crippen molar-refractivity contribution in [1.29, 1.82) is 0 Å². The first-order chi connectivity index (χ1) is 7.49. The minimum Gasteiger partial charge on any atom is -0.353 e. The van der Waals surface area contributed by atoms with E-state index in [2.05, 4.69) is 17.6 Å². The van der Waals surface area contributed by atoms with Crippen molar-refractivity contribution in [3.63, 3.8) is 0 Å². The van der Waals surface area contributed by atoms with Crippen LogP contribution in [0.4, 0.5) is 0 Å². The second kappa shape index (κ2) is 6.24. The van der Waals surface area contributed by atoms with Crippen LogP contribution in [0.2, 0.25) is 0 Å². The van der Waals surface area contributed by atoms with Gasteiger partial charge in [-0.05, 0) is 39.5 Å². The van der Waals surface area contributed by atoms with Crippen molar-refractivity contribution in [2.24, 2.45) is 5.92 Å². The Morgan fingerprint density at radius 2 is 1.94 bits per heavy atom. The lowest BCUT2D eigenvalue weighted by Gasteiger charge is -2.30. The van der Waals surface area contributed by atoms with Crippen LogP contribution in [0.15, 0.2) is 0 Å². The lowest BCUT2D eigenvalue weighted by Crippen LogP contribution is -2.49. The molecular weight excluding hydrogens is 200 g/mol. The van der Waals surface area contributed by atoms with E-state index in [4.69, 9.17) is 0 Å². The van der Waals surface area contributed by atoms with Gasteiger partial charge in [0.2, 0.25) is 5.91 Å². The fraction of sp³-hybridized carbons (Fsp3) is 0.923. The molecule has 94 valence electrons. The monoisotopic (exact) mass is 226 g/mol. The molecular formula is C13H26N2O. The van der Waals surface area contributed by atoms with Crippen molar-refractivity contribution in [3.8, 4) is 0 Å². The smallest absolute Gasteiger partial charge is 0.237 e. The summed E-state index contributed by atoms with van der Waals surface area (Å²) in [6.45, 7) is 8.24. The van der Waals surface area contributed by atoms with Crippen LogP contribution in [0.3, 0.4) is 0 Å². The van der Waals surface area contributed by atoms with E-state index in [1.165, 1.54) is 25.7 Å². The molecule has 3 heteroatoms. The molecule has 1 aliphatic rings. The third-order valence-corrected chi connectivity index (χ3v) is 3.25. The van der Waals surface area contributed by atoms with Crippen molar-refractivity contribution in [2.45, 2.75) is 71.5 Å². The second-order valence-corrected chi connectivity index (χ2v) is 5.52. The molecule has 0 aromatic heterocycles. The van der Waals surface area contributed by atoms with E-state index in [9.17, 15) is 4.79 Å². The van der Waals surface area contributed by atoms with Crippen molar-refractivity contribution in [1.82, 2.24) is 10.6 Å². The zero-order valence-corrected chi connectivity index (χ0v) is 11.0. The third-order valence-electron chi connectivity index (χ3n) is 3.25. The summed E-state index contributed by atoms with van der Waals surface area (Å²) >= 11 is 0. The largest absolute Gasteiger partial charge is 0.353 e. The number of carbonyl (C=O) groups excluding carboxylic acids is 1. The van der Waals surface area contributed by atoms with Crippen LogP contribution in [0, 0.1) is 5.92 Å². The number of rotatable bonds is 4. The van der Waals surface area contributed by atoms with Crippen molar-refractivity contribution < 1.29 is 4.79 Å². The van der Waals surface area contributed by atoms with Gasteiger partial charge in [-0.25, -0.2) is 0 Å². The Hall–Kier alpha value is -0.570. The van der Waals surface area contributed by atoms with Gasteiger partial charge in [-0.15, -0.1) is 0 Å². The average molecular weight is 226 g/mol. The highest BCUT2D eigenvalue weighted by Gasteiger charge is 2.22. The van der Waals surface area contributed by atoms with Crippen molar-refractivity contribution in [2.75, 3.05) is 0 Å². The van der Waals surface area contributed by atoms with Crippen LogP contribution in [-0.4, -0.2) is 24.0 Å². The maximum atomic E-state index is 11.7. The molecule has 0 aliphatic heterocycles. The van der Waals surface area contributed by atoms with Crippen LogP contribution in [0.25, 0.3) is 0 Å². The summed E-state index contributed by atoms with van der Waals surface area (Å²) in [5, 5.41) is 6.38. The minimum absolute atomic E-state index is 0.0716. The number of nitrogens with one attached hydrogen (secondary N) is 2. The van der Waals surface area contributed by atoms with Crippen LogP contribution in [-0.2, 0) is 4.79 Å². The predicted octanol–water partition coefficient (Wildman–Crippen LogP) is 2.07. The molecule has 0 spiro atoms. The van der Waals surface area contributed by atoms with E-state index < -0.39 is 0 Å². The summed E-state index contributed by atoms with van der Waals surface area (Å²) in [5.41, 5.74) is 0. The van der Waals surface area contributed by atoms with E-state index >= 15 is 0 Å². The molecule has 3 unspecified atom stereocenters. The normalized spacial score (nSPS) is 27.8. The molecule has 2 N–H and O–H groups in total. The molecule has 1 fully saturated rings. The maximum absolute atomic E-state index is 11.7. The second-order valence-electron chi connectivity index (χ2n) is 5.52. The van der Waals surface area contributed by atoms with Gasteiger partial charge in [-0.2, -0.15) is 0 Å². The molecule has 0 aromatic rings. The van der Waals surface area contributed by atoms with Gasteiger partial charge in [-0.1, -0.05) is 19.8 Å². The number of carbonyl (C=O) groups is 1. The number of amides is 1. The lowest BCUT2D eigenvalue weighted by molar-refractivity contribution is -0.123. The summed E-state index contributed by atoms with van der Waals surface area (Å²) < 4.78 is 0. The van der Waals surface area contributed by atoms with Gasteiger partial charge in [0, 0.05) is 12.1 Å². The first-order valence-electron chi connectivity index (χ1n) is 6.55. The molecule has 0 saturated heterocycles. The average Bonchev–Trinajstić information content (AvgIpc) is 2.16. The summed E-state index contributed by atoms with van der Waals surface area (Å²) in [6.07, 6.45) is 5.05. The summed E-state index contributed by atoms with van der Waals surface area (Å²) in [4.78, 5) is 11.7. The van der Waals surface area contributed by atoms with Gasteiger partial charge in [0.15, 0.2) is 0 Å². The standard InChI is InChI=1S/C13H26N2O/c1-9(2)14-13(16)11(4)15-12-7-5-6-10(3)8-12/h9-12,15H,5-8H2,1-4H3,(H,14,16). The van der Waals surface area contributed by atoms with Crippen LogP contribution < -0.4 is 10.6 Å². The Morgan fingerprint density at radius 1 is 1.25 bits per heavy atom. The van der Waals surface area contributed by atoms with Gasteiger partial charge in [0.25, 0.3) is 0 Å². The topological polar surface area (TPSA) is 41.1 Å². The van der Waals surface area contributed by atoms with E-state index in [0.29, 0.717) is 6.04 Å². The highest BCUT2D eigenvalue weighted by Crippen LogP contribution is 2.23. The van der Waals surface area contributed by atoms with Crippen LogP contribution >= 0.6 is 0 Å². The maximum Gasteiger partial charge on any atom is 0.237 e. The molecule has 16 heavy (non-hydrogen) atoms. The predicted molar refractivity (Wildman–Crippen MR) is 67.3 cm³/mol. The van der Waals surface area contributed by atoms with Gasteiger partial charge in [-0.3, -0.25) is 4.79 Å². The fourth-order valence-electron chi connectivity index (χ4n) is 2.42. The Balaban J connectivity index is 2.32. The van der Waals surface area contributed by atoms with Crippen LogP contribution in [0.5, 0.6) is 0 Å². The first-order valence-corrected chi connectivity index (χ1v) is 6.55. The summed E-state index contributed by atoms with van der Waals surface area (Å²) in [6, 6.07) is 0.677. The van der Waals surface area contributed by atoms with Gasteiger partial charge in [0.05, 0.1) is 6.04 Å². The Bertz CT molecular complexity index is 228. The van der Waals surface area contributed by atoms with Gasteiger partial charge >= 0.3 is 0 Å². The quantitative estimate of drug-likeness (QED) is 0.770. The Labute approximate surface area is 99.4 Å². The summed E-state index contributed by atoms with van der Waals surface area (Å²) in [7, 11) is 0. The van der Waals surface area contributed by atoms with E-state index in [1.54, 1.807) is 0 Å². The third kappa shape index (κ3) is 4.52.